The molecule has 1 amide bonds. The van der Waals surface area contributed by atoms with Crippen molar-refractivity contribution in [2.45, 2.75) is 6.92 Å². The molecule has 0 aliphatic carbocycles. The van der Waals surface area contributed by atoms with Gasteiger partial charge >= 0.3 is 5.97 Å². The first-order valence-corrected chi connectivity index (χ1v) is 7.21. The molecular weight excluding hydrogens is 348 g/mol. The van der Waals surface area contributed by atoms with Gasteiger partial charge in [-0.25, -0.2) is 10.2 Å². The van der Waals surface area contributed by atoms with Gasteiger partial charge in [0.25, 0.3) is 0 Å². The van der Waals surface area contributed by atoms with Crippen molar-refractivity contribution in [1.29, 1.82) is 0 Å². The van der Waals surface area contributed by atoms with Gasteiger partial charge in [0.05, 0.1) is 11.8 Å². The number of rotatable bonds is 4. The summed E-state index contributed by atoms with van der Waals surface area (Å²) in [6, 6.07) is 13.8. The lowest BCUT2D eigenvalue weighted by atomic mass is 10.2. The van der Waals surface area contributed by atoms with E-state index < -0.39 is 5.97 Å². The summed E-state index contributed by atoms with van der Waals surface area (Å²) in [7, 11) is 0. The van der Waals surface area contributed by atoms with E-state index in [0.717, 1.165) is 10.0 Å². The van der Waals surface area contributed by atoms with Crippen LogP contribution in [0.3, 0.4) is 0 Å². The first kappa shape index (κ1) is 15.9. The van der Waals surface area contributed by atoms with Crippen molar-refractivity contribution in [2.75, 3.05) is 0 Å². The summed E-state index contributed by atoms with van der Waals surface area (Å²) >= 11 is 3.31. The van der Waals surface area contributed by atoms with Crippen molar-refractivity contribution in [3.05, 3.63) is 64.1 Å². The Bertz CT molecular complexity index is 712. The first-order valence-electron chi connectivity index (χ1n) is 6.42. The van der Waals surface area contributed by atoms with Crippen molar-refractivity contribution >= 4 is 34.0 Å². The summed E-state index contributed by atoms with van der Waals surface area (Å²) < 4.78 is 6.09. The predicted molar refractivity (Wildman–Crippen MR) is 87.0 cm³/mol. The van der Waals surface area contributed by atoms with E-state index in [4.69, 9.17) is 4.74 Å². The number of carbonyl (C=O) groups excluding carboxylic acids is 2. The molecule has 0 saturated carbocycles. The van der Waals surface area contributed by atoms with E-state index in [1.807, 2.05) is 6.07 Å². The minimum atomic E-state index is -0.430. The van der Waals surface area contributed by atoms with E-state index in [9.17, 15) is 9.59 Å². The molecular formula is C16H13BrN2O3. The molecule has 2 aromatic rings. The number of benzene rings is 2. The van der Waals surface area contributed by atoms with Crippen molar-refractivity contribution in [1.82, 2.24) is 5.43 Å². The highest BCUT2D eigenvalue weighted by atomic mass is 79.9. The van der Waals surface area contributed by atoms with Crippen LogP contribution in [0.4, 0.5) is 0 Å². The smallest absolute Gasteiger partial charge is 0.343 e. The number of carbonyl (C=O) groups is 2. The fourth-order valence-corrected chi connectivity index (χ4v) is 2.00. The van der Waals surface area contributed by atoms with Gasteiger partial charge in [0.15, 0.2) is 0 Å². The molecule has 22 heavy (non-hydrogen) atoms. The SMILES string of the molecule is CC(=O)N/N=C\c1ccc(OC(=O)c2cccc(Br)c2)cc1. The monoisotopic (exact) mass is 360 g/mol. The summed E-state index contributed by atoms with van der Waals surface area (Å²) in [5.41, 5.74) is 3.55. The predicted octanol–water partition coefficient (Wildman–Crippen LogP) is 3.14. The quantitative estimate of drug-likeness (QED) is 0.394. The zero-order valence-corrected chi connectivity index (χ0v) is 13.3. The van der Waals surface area contributed by atoms with Crippen LogP contribution < -0.4 is 10.2 Å². The third-order valence-electron chi connectivity index (χ3n) is 2.59. The fourth-order valence-electron chi connectivity index (χ4n) is 1.60. The standard InChI is InChI=1S/C16H13BrN2O3/c1-11(20)19-18-10-12-5-7-15(8-6-12)22-16(21)13-3-2-4-14(17)9-13/h2-10H,1H3,(H,19,20)/b18-10-. The molecule has 0 saturated heterocycles. The van der Waals surface area contributed by atoms with E-state index in [1.54, 1.807) is 42.5 Å². The van der Waals surface area contributed by atoms with E-state index >= 15 is 0 Å². The Morgan fingerprint density at radius 1 is 1.18 bits per heavy atom. The Labute approximate surface area is 136 Å². The Kier molecular flexibility index (Phi) is 5.43. The molecule has 2 rings (SSSR count). The zero-order valence-electron chi connectivity index (χ0n) is 11.7. The Hall–Kier alpha value is -2.47. The first-order chi connectivity index (χ1) is 10.5. The number of amides is 1. The lowest BCUT2D eigenvalue weighted by Gasteiger charge is -2.05. The van der Waals surface area contributed by atoms with Gasteiger partial charge in [-0.1, -0.05) is 22.0 Å². The molecule has 5 nitrogen and oxygen atoms in total. The maximum atomic E-state index is 12.0. The number of ether oxygens (including phenoxy) is 1. The molecule has 0 bridgehead atoms. The van der Waals surface area contributed by atoms with Crippen molar-refractivity contribution in [3.8, 4) is 5.75 Å². The molecule has 0 aliphatic rings. The lowest BCUT2D eigenvalue weighted by molar-refractivity contribution is -0.118. The molecule has 0 unspecified atom stereocenters. The highest BCUT2D eigenvalue weighted by molar-refractivity contribution is 9.10. The molecule has 0 heterocycles. The number of nitrogens with one attached hydrogen (secondary N) is 1. The van der Waals surface area contributed by atoms with Crippen molar-refractivity contribution < 1.29 is 14.3 Å². The largest absolute Gasteiger partial charge is 0.423 e. The lowest BCUT2D eigenvalue weighted by Crippen LogP contribution is -2.12. The number of esters is 1. The Balaban J connectivity index is 2.00. The van der Waals surface area contributed by atoms with Crippen LogP contribution in [-0.4, -0.2) is 18.1 Å². The number of hydrogen-bond donors (Lipinski definition) is 1. The molecule has 112 valence electrons. The van der Waals surface area contributed by atoms with Crippen LogP contribution in [-0.2, 0) is 4.79 Å². The van der Waals surface area contributed by atoms with Crippen LogP contribution in [0.5, 0.6) is 5.75 Å². The van der Waals surface area contributed by atoms with Gasteiger partial charge in [-0.15, -0.1) is 0 Å². The molecule has 0 spiro atoms. The molecule has 0 aromatic heterocycles. The Morgan fingerprint density at radius 3 is 2.55 bits per heavy atom. The van der Waals surface area contributed by atoms with Crippen molar-refractivity contribution in [2.24, 2.45) is 5.10 Å². The van der Waals surface area contributed by atoms with E-state index in [0.29, 0.717) is 11.3 Å². The summed E-state index contributed by atoms with van der Waals surface area (Å²) in [4.78, 5) is 22.7. The average molecular weight is 361 g/mol. The number of hydrogen-bond acceptors (Lipinski definition) is 4. The second-order valence-electron chi connectivity index (χ2n) is 4.40. The second-order valence-corrected chi connectivity index (χ2v) is 5.31. The minimum Gasteiger partial charge on any atom is -0.423 e. The van der Waals surface area contributed by atoms with Crippen molar-refractivity contribution in [3.63, 3.8) is 0 Å². The normalized spacial score (nSPS) is 10.5. The van der Waals surface area contributed by atoms with Crippen LogP contribution in [0.1, 0.15) is 22.8 Å². The molecule has 0 fully saturated rings. The van der Waals surface area contributed by atoms with Crippen LogP contribution in [0.2, 0.25) is 0 Å². The Morgan fingerprint density at radius 2 is 1.91 bits per heavy atom. The van der Waals surface area contributed by atoms with Gasteiger partial charge in [-0.3, -0.25) is 4.79 Å². The van der Waals surface area contributed by atoms with E-state index in [1.165, 1.54) is 13.1 Å². The second kappa shape index (κ2) is 7.51. The molecule has 1 N–H and O–H groups in total. The fraction of sp³-hybridized carbons (Fsp3) is 0.0625. The minimum absolute atomic E-state index is 0.240. The maximum Gasteiger partial charge on any atom is 0.343 e. The van der Waals surface area contributed by atoms with Gasteiger partial charge in [0, 0.05) is 11.4 Å². The number of hydrazone groups is 1. The molecule has 0 atom stereocenters. The highest BCUT2D eigenvalue weighted by Crippen LogP contribution is 2.16. The van der Waals surface area contributed by atoms with Crippen LogP contribution in [0, 0.1) is 0 Å². The topological polar surface area (TPSA) is 67.8 Å². The van der Waals surface area contributed by atoms with Crippen LogP contribution in [0.15, 0.2) is 58.1 Å². The molecule has 2 aromatic carbocycles. The van der Waals surface area contributed by atoms with Gasteiger partial charge < -0.3 is 4.74 Å². The van der Waals surface area contributed by atoms with Gasteiger partial charge in [0.2, 0.25) is 5.91 Å². The van der Waals surface area contributed by atoms with Gasteiger partial charge in [-0.05, 0) is 48.0 Å². The zero-order chi connectivity index (χ0) is 15.9. The molecule has 0 radical (unpaired) electrons. The van der Waals surface area contributed by atoms with E-state index in [2.05, 4.69) is 26.5 Å². The number of halogens is 1. The van der Waals surface area contributed by atoms with Crippen LogP contribution in [0.25, 0.3) is 0 Å². The van der Waals surface area contributed by atoms with Crippen LogP contribution >= 0.6 is 15.9 Å². The third-order valence-corrected chi connectivity index (χ3v) is 3.08. The maximum absolute atomic E-state index is 12.0. The summed E-state index contributed by atoms with van der Waals surface area (Å²) in [6.45, 7) is 1.38. The van der Waals surface area contributed by atoms with Gasteiger partial charge in [-0.2, -0.15) is 5.10 Å². The molecule has 0 aliphatic heterocycles. The molecule has 6 heteroatoms. The number of nitrogens with zero attached hydrogens (tertiary/aromatic N) is 1. The summed E-state index contributed by atoms with van der Waals surface area (Å²) in [5, 5.41) is 3.75. The van der Waals surface area contributed by atoms with E-state index in [-0.39, 0.29) is 5.91 Å². The highest BCUT2D eigenvalue weighted by Gasteiger charge is 2.08. The summed E-state index contributed by atoms with van der Waals surface area (Å²) in [6.07, 6.45) is 1.50. The summed E-state index contributed by atoms with van der Waals surface area (Å²) in [5.74, 6) is -0.238. The average Bonchev–Trinajstić information content (AvgIpc) is 2.48. The van der Waals surface area contributed by atoms with Gasteiger partial charge in [0.1, 0.15) is 5.75 Å². The third kappa shape index (κ3) is 4.82.